The molecule has 0 saturated carbocycles. The summed E-state index contributed by atoms with van der Waals surface area (Å²) in [5.41, 5.74) is 0.623. The molecule has 0 radical (unpaired) electrons. The summed E-state index contributed by atoms with van der Waals surface area (Å²) in [5, 5.41) is 19.6. The van der Waals surface area contributed by atoms with E-state index < -0.39 is 5.97 Å². The molecule has 2 rings (SSSR count). The maximum Gasteiger partial charge on any atom is 0.305 e. The molecule has 82 valence electrons. The maximum atomic E-state index is 10.4. The molecule has 0 aliphatic carbocycles. The van der Waals surface area contributed by atoms with Gasteiger partial charge in [0.15, 0.2) is 0 Å². The predicted molar refractivity (Wildman–Crippen MR) is 53.3 cm³/mol. The third kappa shape index (κ3) is 2.19. The highest BCUT2D eigenvalue weighted by Crippen LogP contribution is 2.11. The fourth-order valence-corrected chi connectivity index (χ4v) is 1.24. The molecule has 7 nitrogen and oxygen atoms in total. The van der Waals surface area contributed by atoms with Gasteiger partial charge in [0, 0.05) is 6.20 Å². The van der Waals surface area contributed by atoms with Crippen LogP contribution in [0, 0.1) is 0 Å². The number of tetrazole rings is 1. The van der Waals surface area contributed by atoms with E-state index in [-0.39, 0.29) is 13.0 Å². The first-order valence-corrected chi connectivity index (χ1v) is 4.67. The minimum atomic E-state index is -0.887. The summed E-state index contributed by atoms with van der Waals surface area (Å²) in [6.45, 7) is 0.230. The molecule has 2 aromatic rings. The molecule has 0 aliphatic rings. The Labute approximate surface area is 90.7 Å². The van der Waals surface area contributed by atoms with Gasteiger partial charge in [0.2, 0.25) is 5.82 Å². The number of pyridine rings is 1. The minimum absolute atomic E-state index is 0.0229. The molecule has 16 heavy (non-hydrogen) atoms. The molecule has 0 bridgehead atoms. The first-order chi connectivity index (χ1) is 7.77. The molecule has 0 amide bonds. The van der Waals surface area contributed by atoms with Gasteiger partial charge < -0.3 is 5.11 Å². The van der Waals surface area contributed by atoms with Crippen molar-refractivity contribution >= 4 is 5.97 Å². The van der Waals surface area contributed by atoms with E-state index >= 15 is 0 Å². The van der Waals surface area contributed by atoms with Crippen LogP contribution in [0.25, 0.3) is 11.5 Å². The van der Waals surface area contributed by atoms with Crippen molar-refractivity contribution in [2.45, 2.75) is 13.0 Å². The molecule has 7 heteroatoms. The highest BCUT2D eigenvalue weighted by molar-refractivity contribution is 5.66. The van der Waals surface area contributed by atoms with E-state index in [9.17, 15) is 4.79 Å². The molecule has 0 aliphatic heterocycles. The molecule has 0 atom stereocenters. The van der Waals surface area contributed by atoms with Gasteiger partial charge in [-0.3, -0.25) is 9.78 Å². The van der Waals surface area contributed by atoms with Gasteiger partial charge in [-0.2, -0.15) is 0 Å². The van der Waals surface area contributed by atoms with Crippen LogP contribution in [0.4, 0.5) is 0 Å². The first kappa shape index (κ1) is 10.2. The average Bonchev–Trinajstić information content (AvgIpc) is 2.75. The lowest BCUT2D eigenvalue weighted by molar-refractivity contribution is -0.137. The molecule has 0 unspecified atom stereocenters. The molecule has 0 aromatic carbocycles. The van der Waals surface area contributed by atoms with Gasteiger partial charge in [0.1, 0.15) is 5.69 Å². The molecule has 0 saturated heterocycles. The van der Waals surface area contributed by atoms with Crippen LogP contribution in [0.2, 0.25) is 0 Å². The Morgan fingerprint density at radius 3 is 3.00 bits per heavy atom. The Morgan fingerprint density at radius 2 is 2.31 bits per heavy atom. The van der Waals surface area contributed by atoms with Crippen LogP contribution in [-0.4, -0.2) is 36.3 Å². The maximum absolute atomic E-state index is 10.4. The van der Waals surface area contributed by atoms with Crippen molar-refractivity contribution in [2.24, 2.45) is 0 Å². The van der Waals surface area contributed by atoms with E-state index in [1.54, 1.807) is 18.3 Å². The van der Waals surface area contributed by atoms with E-state index in [1.807, 2.05) is 6.07 Å². The number of aryl methyl sites for hydroxylation is 1. The lowest BCUT2D eigenvalue weighted by atomic mass is 10.3. The van der Waals surface area contributed by atoms with E-state index in [4.69, 9.17) is 5.11 Å². The van der Waals surface area contributed by atoms with E-state index in [2.05, 4.69) is 20.5 Å². The lowest BCUT2D eigenvalue weighted by Gasteiger charge is -2.01. The zero-order chi connectivity index (χ0) is 11.4. The van der Waals surface area contributed by atoms with E-state index in [1.165, 1.54) is 4.68 Å². The molecule has 2 aromatic heterocycles. The van der Waals surface area contributed by atoms with Crippen molar-refractivity contribution in [2.75, 3.05) is 0 Å². The van der Waals surface area contributed by atoms with Crippen LogP contribution < -0.4 is 0 Å². The van der Waals surface area contributed by atoms with Gasteiger partial charge in [-0.1, -0.05) is 6.07 Å². The summed E-state index contributed by atoms with van der Waals surface area (Å²) < 4.78 is 1.43. The Bertz CT molecular complexity index is 482. The van der Waals surface area contributed by atoms with Crippen molar-refractivity contribution < 1.29 is 9.90 Å². The van der Waals surface area contributed by atoms with Crippen LogP contribution in [0.5, 0.6) is 0 Å². The lowest BCUT2D eigenvalue weighted by Crippen LogP contribution is -2.08. The van der Waals surface area contributed by atoms with Crippen molar-refractivity contribution in [3.8, 4) is 11.5 Å². The second kappa shape index (κ2) is 4.47. The second-order valence-corrected chi connectivity index (χ2v) is 3.08. The van der Waals surface area contributed by atoms with Gasteiger partial charge in [0.05, 0.1) is 13.0 Å². The Morgan fingerprint density at radius 1 is 1.44 bits per heavy atom. The fourth-order valence-electron chi connectivity index (χ4n) is 1.24. The van der Waals surface area contributed by atoms with Crippen LogP contribution in [-0.2, 0) is 11.3 Å². The third-order valence-corrected chi connectivity index (χ3v) is 1.96. The Kier molecular flexibility index (Phi) is 2.86. The normalized spacial score (nSPS) is 10.2. The molecule has 1 N–H and O–H groups in total. The molecule has 2 heterocycles. The second-order valence-electron chi connectivity index (χ2n) is 3.08. The minimum Gasteiger partial charge on any atom is -0.481 e. The zero-order valence-electron chi connectivity index (χ0n) is 8.32. The van der Waals surface area contributed by atoms with Crippen LogP contribution in [0.1, 0.15) is 6.42 Å². The van der Waals surface area contributed by atoms with Gasteiger partial charge in [-0.05, 0) is 22.6 Å². The van der Waals surface area contributed by atoms with Gasteiger partial charge in [-0.25, -0.2) is 4.68 Å². The van der Waals surface area contributed by atoms with Gasteiger partial charge in [-0.15, -0.1) is 5.10 Å². The predicted octanol–water partition coefficient (Wildman–Crippen LogP) is 0.210. The number of hydrogen-bond acceptors (Lipinski definition) is 5. The number of aliphatic carboxylic acids is 1. The number of carboxylic acids is 1. The van der Waals surface area contributed by atoms with Crippen molar-refractivity contribution in [1.29, 1.82) is 0 Å². The number of rotatable bonds is 4. The zero-order valence-corrected chi connectivity index (χ0v) is 8.32. The number of hydrogen-bond donors (Lipinski definition) is 1. The van der Waals surface area contributed by atoms with Crippen LogP contribution in [0.3, 0.4) is 0 Å². The summed E-state index contributed by atoms with van der Waals surface area (Å²) in [6.07, 6.45) is 1.61. The van der Waals surface area contributed by atoms with Gasteiger partial charge >= 0.3 is 5.97 Å². The largest absolute Gasteiger partial charge is 0.481 e. The van der Waals surface area contributed by atoms with Crippen molar-refractivity contribution in [3.05, 3.63) is 24.4 Å². The molecule has 0 fully saturated rings. The van der Waals surface area contributed by atoms with Gasteiger partial charge in [0.25, 0.3) is 0 Å². The first-order valence-electron chi connectivity index (χ1n) is 4.67. The topological polar surface area (TPSA) is 93.8 Å². The van der Waals surface area contributed by atoms with Crippen LogP contribution in [0.15, 0.2) is 24.4 Å². The summed E-state index contributed by atoms with van der Waals surface area (Å²) in [7, 11) is 0. The monoisotopic (exact) mass is 219 g/mol. The fraction of sp³-hybridized carbons (Fsp3) is 0.222. The summed E-state index contributed by atoms with van der Waals surface area (Å²) in [6, 6.07) is 5.37. The number of aromatic nitrogens is 5. The highest BCUT2D eigenvalue weighted by atomic mass is 16.4. The summed E-state index contributed by atoms with van der Waals surface area (Å²) in [5.74, 6) is -0.413. The van der Waals surface area contributed by atoms with Crippen molar-refractivity contribution in [1.82, 2.24) is 25.2 Å². The van der Waals surface area contributed by atoms with E-state index in [0.717, 1.165) is 0 Å². The smallest absolute Gasteiger partial charge is 0.305 e. The SMILES string of the molecule is O=C(O)CCn1nnnc1-c1ccccn1. The molecular formula is C9H9N5O2. The Balaban J connectivity index is 2.23. The summed E-state index contributed by atoms with van der Waals surface area (Å²) >= 11 is 0. The molecular weight excluding hydrogens is 210 g/mol. The van der Waals surface area contributed by atoms with Crippen LogP contribution >= 0.6 is 0 Å². The Hall–Kier alpha value is -2.31. The van der Waals surface area contributed by atoms with E-state index in [0.29, 0.717) is 11.5 Å². The van der Waals surface area contributed by atoms with Crippen molar-refractivity contribution in [3.63, 3.8) is 0 Å². The quantitative estimate of drug-likeness (QED) is 0.789. The standard InChI is InChI=1S/C9H9N5O2/c15-8(16)4-6-14-9(11-12-13-14)7-3-1-2-5-10-7/h1-3,5H,4,6H2,(H,15,16). The summed E-state index contributed by atoms with van der Waals surface area (Å²) in [4.78, 5) is 14.5. The number of carbonyl (C=O) groups is 1. The molecule has 0 spiro atoms. The highest BCUT2D eigenvalue weighted by Gasteiger charge is 2.10. The number of carboxylic acid groups (broad SMARTS) is 1. The third-order valence-electron chi connectivity index (χ3n) is 1.96. The average molecular weight is 219 g/mol. The number of nitrogens with zero attached hydrogens (tertiary/aromatic N) is 5.